The predicted octanol–water partition coefficient (Wildman–Crippen LogP) is -0.422. The number of rotatable bonds is 4. The van der Waals surface area contributed by atoms with Gasteiger partial charge < -0.3 is 9.26 Å². The predicted molar refractivity (Wildman–Crippen MR) is 90.0 cm³/mol. The normalized spacial score (nSPS) is 23.6. The molecule has 0 radical (unpaired) electrons. The van der Waals surface area contributed by atoms with E-state index in [2.05, 4.69) is 10.3 Å². The van der Waals surface area contributed by atoms with Crippen molar-refractivity contribution in [3.63, 3.8) is 0 Å². The fourth-order valence-electron chi connectivity index (χ4n) is 3.49. The summed E-state index contributed by atoms with van der Waals surface area (Å²) < 4.78 is 39.0. The molecule has 0 bridgehead atoms. The number of aromatic nitrogens is 4. The van der Waals surface area contributed by atoms with Crippen LogP contribution in [0.25, 0.3) is 0 Å². The van der Waals surface area contributed by atoms with Crippen LogP contribution in [0.1, 0.15) is 30.6 Å². The molecule has 142 valence electrons. The van der Waals surface area contributed by atoms with Gasteiger partial charge in [0.2, 0.25) is 10.0 Å². The van der Waals surface area contributed by atoms with Crippen molar-refractivity contribution in [2.24, 2.45) is 0 Å². The first-order chi connectivity index (χ1) is 12.3. The molecule has 2 aliphatic rings. The molecule has 1 fully saturated rings. The maximum absolute atomic E-state index is 12.7. The number of fused-ring (bicyclic) bond motifs is 1. The van der Waals surface area contributed by atoms with Crippen LogP contribution in [0.2, 0.25) is 0 Å². The lowest BCUT2D eigenvalue weighted by molar-refractivity contribution is -0.0800. The van der Waals surface area contributed by atoms with Crippen molar-refractivity contribution in [3.05, 3.63) is 33.8 Å². The third-order valence-electron chi connectivity index (χ3n) is 4.98. The van der Waals surface area contributed by atoms with E-state index in [1.54, 1.807) is 4.57 Å². The van der Waals surface area contributed by atoms with Crippen molar-refractivity contribution in [3.8, 4) is 0 Å². The summed E-state index contributed by atoms with van der Waals surface area (Å²) in [5, 5.41) is 8.25. The van der Waals surface area contributed by atoms with Gasteiger partial charge in [-0.15, -0.1) is 0 Å². The molecular formula is C15H21N5O5S. The Hall–Kier alpha value is -1.98. The Morgan fingerprint density at radius 3 is 2.81 bits per heavy atom. The van der Waals surface area contributed by atoms with Crippen LogP contribution in [0.4, 0.5) is 0 Å². The minimum Gasteiger partial charge on any atom is -0.364 e. The van der Waals surface area contributed by atoms with Crippen LogP contribution in [0.15, 0.2) is 15.4 Å². The van der Waals surface area contributed by atoms with Gasteiger partial charge in [-0.25, -0.2) is 17.9 Å². The molecule has 1 spiro atoms. The average molecular weight is 383 g/mol. The lowest BCUT2D eigenvalue weighted by Crippen LogP contribution is -2.47. The number of nitrogens with zero attached hydrogens (tertiary/aromatic N) is 5. The van der Waals surface area contributed by atoms with Gasteiger partial charge in [0, 0.05) is 19.2 Å². The van der Waals surface area contributed by atoms with Gasteiger partial charge in [0.1, 0.15) is 18.8 Å². The highest BCUT2D eigenvalue weighted by molar-refractivity contribution is 7.88. The topological polar surface area (TPSA) is 112 Å². The first-order valence-electron chi connectivity index (χ1n) is 8.50. The first kappa shape index (κ1) is 17.4. The second kappa shape index (κ2) is 6.03. The van der Waals surface area contributed by atoms with Crippen molar-refractivity contribution >= 4 is 10.0 Å². The number of ether oxygens (including phenoxy) is 1. The Labute approximate surface area is 150 Å². The van der Waals surface area contributed by atoms with Gasteiger partial charge in [-0.1, -0.05) is 12.1 Å². The van der Waals surface area contributed by atoms with Gasteiger partial charge in [-0.2, -0.15) is 9.40 Å². The van der Waals surface area contributed by atoms with Crippen LogP contribution in [-0.2, 0) is 40.9 Å². The van der Waals surface area contributed by atoms with Crippen LogP contribution >= 0.6 is 0 Å². The molecule has 4 rings (SSSR count). The van der Waals surface area contributed by atoms with E-state index < -0.39 is 15.6 Å². The van der Waals surface area contributed by atoms with E-state index in [9.17, 15) is 13.2 Å². The molecule has 26 heavy (non-hydrogen) atoms. The van der Waals surface area contributed by atoms with Crippen LogP contribution < -0.4 is 5.69 Å². The van der Waals surface area contributed by atoms with E-state index in [-0.39, 0.29) is 25.4 Å². The summed E-state index contributed by atoms with van der Waals surface area (Å²) in [6.45, 7) is 3.30. The van der Waals surface area contributed by atoms with Crippen molar-refractivity contribution in [2.75, 3.05) is 19.3 Å². The third-order valence-corrected chi connectivity index (χ3v) is 6.23. The quantitative estimate of drug-likeness (QED) is 0.704. The Balaban J connectivity index is 1.57. The van der Waals surface area contributed by atoms with Crippen LogP contribution in [0.5, 0.6) is 0 Å². The molecule has 0 saturated carbocycles. The first-order valence-corrected chi connectivity index (χ1v) is 10.3. The molecule has 0 amide bonds. The highest BCUT2D eigenvalue weighted by Crippen LogP contribution is 2.32. The Kier molecular flexibility index (Phi) is 4.04. The zero-order chi connectivity index (χ0) is 18.5. The second-order valence-electron chi connectivity index (χ2n) is 6.90. The summed E-state index contributed by atoms with van der Waals surface area (Å²) in [6, 6.07) is 1.81. The molecule has 10 nitrogen and oxygen atoms in total. The fourth-order valence-corrected chi connectivity index (χ4v) is 4.38. The van der Waals surface area contributed by atoms with Crippen molar-refractivity contribution in [1.82, 2.24) is 23.8 Å². The average Bonchev–Trinajstić information content (AvgIpc) is 3.28. The largest absolute Gasteiger partial charge is 0.364 e. The number of hydrogen-bond acceptors (Lipinski definition) is 7. The van der Waals surface area contributed by atoms with Gasteiger partial charge in [0.15, 0.2) is 11.6 Å². The molecule has 0 N–H and O–H groups in total. The van der Waals surface area contributed by atoms with Gasteiger partial charge in [0.25, 0.3) is 0 Å². The second-order valence-corrected chi connectivity index (χ2v) is 8.88. The monoisotopic (exact) mass is 383 g/mol. The lowest BCUT2D eigenvalue weighted by atomic mass is 10.0. The Bertz CT molecular complexity index is 990. The molecule has 4 heterocycles. The molecular weight excluding hydrogens is 362 g/mol. The SMILES string of the molecule is CCc1cc(Cn2nc3n(c2=O)CC2(CCN(S(C)(=O)=O)C2)OC3)on1. The molecule has 2 aromatic rings. The maximum atomic E-state index is 12.7. The highest BCUT2D eigenvalue weighted by Gasteiger charge is 2.46. The number of aryl methyl sites for hydroxylation is 1. The standard InChI is InChI=1S/C15H21N5O5S/c1-3-11-6-12(25-17-11)7-20-14(21)19-10-15(24-8-13(19)16-20)4-5-18(9-15)26(2,22)23/h6H,3-5,7-10H2,1-2H3. The van der Waals surface area contributed by atoms with Crippen LogP contribution in [0.3, 0.4) is 0 Å². The molecule has 2 aromatic heterocycles. The molecule has 0 aromatic carbocycles. The van der Waals surface area contributed by atoms with Gasteiger partial charge in [-0.05, 0) is 12.8 Å². The van der Waals surface area contributed by atoms with Crippen LogP contribution in [-0.4, -0.2) is 57.2 Å². The third kappa shape index (κ3) is 2.99. The number of hydrogen-bond donors (Lipinski definition) is 0. The summed E-state index contributed by atoms with van der Waals surface area (Å²) in [5.74, 6) is 1.10. The Morgan fingerprint density at radius 1 is 1.35 bits per heavy atom. The molecule has 2 aliphatic heterocycles. The zero-order valence-corrected chi connectivity index (χ0v) is 15.5. The summed E-state index contributed by atoms with van der Waals surface area (Å²) in [5.41, 5.74) is -0.101. The van der Waals surface area contributed by atoms with E-state index in [0.717, 1.165) is 12.1 Å². The lowest BCUT2D eigenvalue weighted by Gasteiger charge is -2.33. The molecule has 1 unspecified atom stereocenters. The smallest absolute Gasteiger partial charge is 0.346 e. The molecule has 11 heteroatoms. The van der Waals surface area contributed by atoms with Gasteiger partial charge in [-0.3, -0.25) is 4.57 Å². The molecule has 1 atom stereocenters. The fraction of sp³-hybridized carbons (Fsp3) is 0.667. The maximum Gasteiger partial charge on any atom is 0.346 e. The summed E-state index contributed by atoms with van der Waals surface area (Å²) in [7, 11) is -3.28. The summed E-state index contributed by atoms with van der Waals surface area (Å²) in [4.78, 5) is 12.7. The van der Waals surface area contributed by atoms with Gasteiger partial charge in [0.05, 0.1) is 18.5 Å². The Morgan fingerprint density at radius 2 is 2.15 bits per heavy atom. The van der Waals surface area contributed by atoms with Gasteiger partial charge >= 0.3 is 5.69 Å². The molecule has 1 saturated heterocycles. The zero-order valence-electron chi connectivity index (χ0n) is 14.7. The van der Waals surface area contributed by atoms with E-state index >= 15 is 0 Å². The summed E-state index contributed by atoms with van der Waals surface area (Å²) in [6.07, 6.45) is 2.50. The minimum atomic E-state index is -3.28. The number of sulfonamides is 1. The van der Waals surface area contributed by atoms with E-state index in [1.165, 1.54) is 15.2 Å². The minimum absolute atomic E-state index is 0.177. The van der Waals surface area contributed by atoms with E-state index in [4.69, 9.17) is 9.26 Å². The summed E-state index contributed by atoms with van der Waals surface area (Å²) >= 11 is 0. The molecule has 0 aliphatic carbocycles. The van der Waals surface area contributed by atoms with Crippen LogP contribution in [0, 0.1) is 0 Å². The van der Waals surface area contributed by atoms with Crippen molar-refractivity contribution in [2.45, 2.75) is 45.1 Å². The highest BCUT2D eigenvalue weighted by atomic mass is 32.2. The van der Waals surface area contributed by atoms with E-state index in [1.807, 2.05) is 13.0 Å². The van der Waals surface area contributed by atoms with E-state index in [0.29, 0.717) is 31.1 Å². The van der Waals surface area contributed by atoms with Crippen molar-refractivity contribution in [1.29, 1.82) is 0 Å². The van der Waals surface area contributed by atoms with Crippen molar-refractivity contribution < 1.29 is 17.7 Å².